The van der Waals surface area contributed by atoms with Gasteiger partial charge in [-0.1, -0.05) is 24.3 Å². The Bertz CT molecular complexity index is 1110. The maximum atomic E-state index is 13.3. The van der Waals surface area contributed by atoms with Crippen molar-refractivity contribution in [3.8, 4) is 17.2 Å². The van der Waals surface area contributed by atoms with Crippen LogP contribution in [0, 0.1) is 5.92 Å². The third-order valence-electron chi connectivity index (χ3n) is 8.48. The molecule has 3 aliphatic heterocycles. The lowest BCUT2D eigenvalue weighted by Gasteiger charge is -2.60. The molecule has 2 aromatic rings. The van der Waals surface area contributed by atoms with Gasteiger partial charge in [0.15, 0.2) is 17.6 Å². The van der Waals surface area contributed by atoms with Gasteiger partial charge in [0.25, 0.3) is 0 Å². The van der Waals surface area contributed by atoms with E-state index in [1.54, 1.807) is 7.11 Å². The molecule has 1 saturated carbocycles. The number of nitrogens with zero attached hydrogens (tertiary/aromatic N) is 1. The van der Waals surface area contributed by atoms with Crippen LogP contribution in [0.3, 0.4) is 0 Å². The van der Waals surface area contributed by atoms with Crippen molar-refractivity contribution in [2.45, 2.75) is 49.0 Å². The molecular formula is C26H27NO6. The Hall–Kier alpha value is -2.77. The largest absolute Gasteiger partial charge is 0.493 e. The van der Waals surface area contributed by atoms with E-state index in [9.17, 15) is 4.79 Å². The zero-order valence-electron chi connectivity index (χ0n) is 18.6. The summed E-state index contributed by atoms with van der Waals surface area (Å²) < 4.78 is 30.7. The zero-order chi connectivity index (χ0) is 22.2. The summed E-state index contributed by atoms with van der Waals surface area (Å²) >= 11 is 0. The summed E-state index contributed by atoms with van der Waals surface area (Å²) in [5.74, 6) is 1.69. The molecule has 7 rings (SSSR count). The van der Waals surface area contributed by atoms with E-state index in [2.05, 4.69) is 6.07 Å². The Morgan fingerprint density at radius 3 is 2.70 bits per heavy atom. The molecule has 33 heavy (non-hydrogen) atoms. The number of para-hydroxylation sites is 1. The first-order valence-electron chi connectivity index (χ1n) is 11.8. The minimum absolute atomic E-state index is 0.0478. The molecule has 2 unspecified atom stereocenters. The van der Waals surface area contributed by atoms with E-state index in [1.807, 2.05) is 41.3 Å². The number of methoxy groups -OCH3 is 1. The van der Waals surface area contributed by atoms with Gasteiger partial charge < -0.3 is 28.6 Å². The second-order valence-corrected chi connectivity index (χ2v) is 9.72. The standard InChI is InChI=1S/C26H27NO6/c1-29-20-8-7-16-15-19-18-9-10-26(30-13-14-31-26)23-25(18,21(16)22(20)33-23)11-12-27(19)24(28)32-17-5-3-2-4-6-17/h2-8,18-19,23H,9-15H2,1H3/t18?,19?,23-,25+/m0/s1. The molecule has 7 nitrogen and oxygen atoms in total. The number of hydrogen-bond donors (Lipinski definition) is 0. The van der Waals surface area contributed by atoms with Gasteiger partial charge in [0, 0.05) is 30.0 Å². The molecule has 1 amide bonds. The molecule has 3 fully saturated rings. The van der Waals surface area contributed by atoms with Crippen molar-refractivity contribution >= 4 is 6.09 Å². The summed E-state index contributed by atoms with van der Waals surface area (Å²) in [6.45, 7) is 1.78. The number of carbonyl (C=O) groups excluding carboxylic acids is 1. The number of amides is 1. The monoisotopic (exact) mass is 449 g/mol. The van der Waals surface area contributed by atoms with Crippen molar-refractivity contribution in [1.29, 1.82) is 0 Å². The van der Waals surface area contributed by atoms with Gasteiger partial charge in [-0.25, -0.2) is 4.79 Å². The minimum atomic E-state index is -0.730. The van der Waals surface area contributed by atoms with Crippen molar-refractivity contribution in [2.24, 2.45) is 5.92 Å². The topological polar surface area (TPSA) is 66.5 Å². The summed E-state index contributed by atoms with van der Waals surface area (Å²) in [5, 5.41) is 0. The smallest absolute Gasteiger partial charge is 0.415 e. The van der Waals surface area contributed by atoms with E-state index >= 15 is 0 Å². The molecule has 0 aromatic heterocycles. The minimum Gasteiger partial charge on any atom is -0.493 e. The molecule has 0 N–H and O–H groups in total. The van der Waals surface area contributed by atoms with Gasteiger partial charge >= 0.3 is 6.09 Å². The van der Waals surface area contributed by atoms with Gasteiger partial charge in [-0.05, 0) is 48.9 Å². The van der Waals surface area contributed by atoms with Crippen LogP contribution >= 0.6 is 0 Å². The Kier molecular flexibility index (Phi) is 4.10. The fourth-order valence-electron chi connectivity index (χ4n) is 7.31. The van der Waals surface area contributed by atoms with Crippen LogP contribution in [0.5, 0.6) is 17.2 Å². The number of hydrogen-bond acceptors (Lipinski definition) is 6. The van der Waals surface area contributed by atoms with Crippen LogP contribution < -0.4 is 14.2 Å². The number of fused-ring (bicyclic) bond motifs is 1. The van der Waals surface area contributed by atoms with E-state index in [1.165, 1.54) is 11.1 Å². The van der Waals surface area contributed by atoms with Crippen LogP contribution in [0.25, 0.3) is 0 Å². The number of benzene rings is 2. The summed E-state index contributed by atoms with van der Waals surface area (Å²) in [7, 11) is 1.69. The second-order valence-electron chi connectivity index (χ2n) is 9.72. The van der Waals surface area contributed by atoms with E-state index in [4.69, 9.17) is 23.7 Å². The van der Waals surface area contributed by atoms with Crippen LogP contribution in [0.1, 0.15) is 30.4 Å². The molecule has 0 radical (unpaired) electrons. The number of ether oxygens (including phenoxy) is 5. The average Bonchev–Trinajstić information content (AvgIpc) is 3.44. The molecule has 3 heterocycles. The third kappa shape index (κ3) is 2.49. The first kappa shape index (κ1) is 19.7. The molecule has 5 aliphatic rings. The van der Waals surface area contributed by atoms with E-state index in [0.717, 1.165) is 37.2 Å². The molecule has 2 aliphatic carbocycles. The van der Waals surface area contributed by atoms with Gasteiger partial charge in [0.2, 0.25) is 5.79 Å². The highest BCUT2D eigenvalue weighted by Gasteiger charge is 2.72. The highest BCUT2D eigenvalue weighted by molar-refractivity contribution is 5.72. The lowest BCUT2D eigenvalue weighted by atomic mass is 9.50. The summed E-state index contributed by atoms with van der Waals surface area (Å²) in [6.07, 6.45) is 2.72. The molecule has 7 heteroatoms. The van der Waals surface area contributed by atoms with E-state index < -0.39 is 5.79 Å². The highest BCUT2D eigenvalue weighted by Crippen LogP contribution is 2.66. The third-order valence-corrected chi connectivity index (χ3v) is 8.48. The van der Waals surface area contributed by atoms with Crippen LogP contribution in [0.4, 0.5) is 4.79 Å². The number of carbonyl (C=O) groups is 1. The van der Waals surface area contributed by atoms with Crippen molar-refractivity contribution in [1.82, 2.24) is 4.90 Å². The maximum absolute atomic E-state index is 13.3. The van der Waals surface area contributed by atoms with Gasteiger partial charge in [-0.2, -0.15) is 0 Å². The molecule has 4 atom stereocenters. The summed E-state index contributed by atoms with van der Waals surface area (Å²) in [6, 6.07) is 13.5. The molecular weight excluding hydrogens is 422 g/mol. The predicted molar refractivity (Wildman–Crippen MR) is 118 cm³/mol. The molecule has 2 saturated heterocycles. The maximum Gasteiger partial charge on any atom is 0.415 e. The van der Waals surface area contributed by atoms with Crippen molar-refractivity contribution in [2.75, 3.05) is 26.9 Å². The van der Waals surface area contributed by atoms with Gasteiger partial charge in [-0.3, -0.25) is 0 Å². The molecule has 2 aromatic carbocycles. The number of rotatable bonds is 2. The lowest BCUT2D eigenvalue weighted by molar-refractivity contribution is -0.260. The Morgan fingerprint density at radius 1 is 1.09 bits per heavy atom. The van der Waals surface area contributed by atoms with E-state index in [0.29, 0.717) is 25.5 Å². The van der Waals surface area contributed by atoms with Crippen molar-refractivity contribution in [3.63, 3.8) is 0 Å². The van der Waals surface area contributed by atoms with Gasteiger partial charge in [0.1, 0.15) is 5.75 Å². The molecule has 2 bridgehead atoms. The molecule has 172 valence electrons. The van der Waals surface area contributed by atoms with Crippen LogP contribution in [-0.2, 0) is 21.3 Å². The highest BCUT2D eigenvalue weighted by atomic mass is 16.8. The van der Waals surface area contributed by atoms with Crippen LogP contribution in [0.2, 0.25) is 0 Å². The first-order chi connectivity index (χ1) is 16.2. The quantitative estimate of drug-likeness (QED) is 0.697. The Balaban J connectivity index is 1.32. The van der Waals surface area contributed by atoms with Crippen molar-refractivity contribution in [3.05, 3.63) is 53.6 Å². The average molecular weight is 450 g/mol. The normalized spacial score (nSPS) is 32.3. The van der Waals surface area contributed by atoms with Crippen molar-refractivity contribution < 1.29 is 28.5 Å². The fourth-order valence-corrected chi connectivity index (χ4v) is 7.31. The summed E-state index contributed by atoms with van der Waals surface area (Å²) in [5.41, 5.74) is 2.22. The fraction of sp³-hybridized carbons (Fsp3) is 0.500. The predicted octanol–water partition coefficient (Wildman–Crippen LogP) is 3.68. The SMILES string of the molecule is COc1ccc2c3c1O[C@@H]1C4(CCC5C(C2)N(C(=O)Oc2ccccc2)CC[C@]351)OCCO4. The van der Waals surface area contributed by atoms with Gasteiger partial charge in [-0.15, -0.1) is 0 Å². The van der Waals surface area contributed by atoms with Crippen LogP contribution in [0.15, 0.2) is 42.5 Å². The van der Waals surface area contributed by atoms with E-state index in [-0.39, 0.29) is 29.6 Å². The lowest BCUT2D eigenvalue weighted by Crippen LogP contribution is -2.71. The van der Waals surface area contributed by atoms with Gasteiger partial charge in [0.05, 0.1) is 20.3 Å². The zero-order valence-corrected chi connectivity index (χ0v) is 18.6. The molecule has 2 spiro atoms. The Morgan fingerprint density at radius 2 is 1.91 bits per heavy atom. The number of likely N-dealkylation sites (tertiary alicyclic amines) is 1. The summed E-state index contributed by atoms with van der Waals surface area (Å²) in [4.78, 5) is 15.2. The second kappa shape index (κ2) is 6.87. The van der Waals surface area contributed by atoms with Crippen LogP contribution in [-0.4, -0.2) is 55.8 Å². The Labute approximate surface area is 192 Å². The first-order valence-corrected chi connectivity index (χ1v) is 11.8. The number of piperidine rings is 1.